The number of thioether (sulfide) groups is 1. The van der Waals surface area contributed by atoms with E-state index in [0.717, 1.165) is 10.0 Å². The second kappa shape index (κ2) is 6.95. The molecule has 0 aliphatic heterocycles. The van der Waals surface area contributed by atoms with E-state index < -0.39 is 0 Å². The molecule has 0 aliphatic carbocycles. The maximum Gasteiger partial charge on any atom is 0.253 e. The van der Waals surface area contributed by atoms with Crippen LogP contribution in [-0.2, 0) is 6.54 Å². The van der Waals surface area contributed by atoms with Crippen LogP contribution >= 0.6 is 27.7 Å². The highest BCUT2D eigenvalue weighted by Gasteiger charge is 2.12. The zero-order valence-corrected chi connectivity index (χ0v) is 13.9. The number of benzene rings is 2. The Labute approximate surface area is 132 Å². The van der Waals surface area contributed by atoms with Crippen LogP contribution in [0.25, 0.3) is 0 Å². The fraction of sp³-hybridized carbons (Fsp3) is 0.188. The Morgan fingerprint density at radius 3 is 2.50 bits per heavy atom. The minimum absolute atomic E-state index is 0.0280. The van der Waals surface area contributed by atoms with Crippen LogP contribution in [0.5, 0.6) is 0 Å². The van der Waals surface area contributed by atoms with Gasteiger partial charge in [-0.2, -0.15) is 0 Å². The van der Waals surface area contributed by atoms with Gasteiger partial charge in [0.1, 0.15) is 0 Å². The number of carbonyl (C=O) groups excluding carboxylic acids is 1. The molecule has 1 amide bonds. The number of amides is 1. The minimum atomic E-state index is 0.0280. The molecule has 0 aromatic heterocycles. The van der Waals surface area contributed by atoms with Gasteiger partial charge in [0, 0.05) is 28.5 Å². The van der Waals surface area contributed by atoms with Gasteiger partial charge in [0.25, 0.3) is 5.91 Å². The average molecular weight is 350 g/mol. The van der Waals surface area contributed by atoms with E-state index in [0.29, 0.717) is 12.1 Å². The molecule has 4 heteroatoms. The van der Waals surface area contributed by atoms with E-state index >= 15 is 0 Å². The molecule has 0 spiro atoms. The number of hydrogen-bond donors (Lipinski definition) is 0. The van der Waals surface area contributed by atoms with Crippen molar-refractivity contribution >= 4 is 33.6 Å². The molecule has 2 aromatic carbocycles. The Morgan fingerprint density at radius 1 is 1.20 bits per heavy atom. The van der Waals surface area contributed by atoms with E-state index in [1.54, 1.807) is 16.7 Å². The first-order valence-electron chi connectivity index (χ1n) is 6.24. The Balaban J connectivity index is 2.07. The van der Waals surface area contributed by atoms with Crippen molar-refractivity contribution in [1.82, 2.24) is 4.90 Å². The van der Waals surface area contributed by atoms with Crippen LogP contribution < -0.4 is 0 Å². The third-order valence-corrected chi connectivity index (χ3v) is 4.23. The zero-order valence-electron chi connectivity index (χ0n) is 11.5. The zero-order chi connectivity index (χ0) is 14.5. The van der Waals surface area contributed by atoms with E-state index in [1.807, 2.05) is 31.3 Å². The number of hydrogen-bond acceptors (Lipinski definition) is 2. The van der Waals surface area contributed by atoms with Crippen molar-refractivity contribution in [1.29, 1.82) is 0 Å². The van der Waals surface area contributed by atoms with Crippen LogP contribution in [0.4, 0.5) is 0 Å². The summed E-state index contributed by atoms with van der Waals surface area (Å²) in [5.41, 5.74) is 1.83. The van der Waals surface area contributed by atoms with Gasteiger partial charge in [-0.05, 0) is 42.2 Å². The van der Waals surface area contributed by atoms with E-state index in [-0.39, 0.29) is 5.91 Å². The van der Waals surface area contributed by atoms with Gasteiger partial charge in [0.2, 0.25) is 0 Å². The van der Waals surface area contributed by atoms with Gasteiger partial charge in [-0.3, -0.25) is 4.79 Å². The van der Waals surface area contributed by atoms with E-state index in [2.05, 4.69) is 46.5 Å². The largest absolute Gasteiger partial charge is 0.337 e. The predicted octanol–water partition coefficient (Wildman–Crippen LogP) is 4.44. The molecule has 0 bridgehead atoms. The summed E-state index contributed by atoms with van der Waals surface area (Å²) in [6, 6.07) is 15.8. The average Bonchev–Trinajstić information content (AvgIpc) is 2.47. The predicted molar refractivity (Wildman–Crippen MR) is 88.2 cm³/mol. The normalized spacial score (nSPS) is 10.3. The molecule has 0 saturated heterocycles. The van der Waals surface area contributed by atoms with Crippen LogP contribution in [0.2, 0.25) is 0 Å². The molecule has 0 aliphatic rings. The standard InChI is InChI=1S/C16H16BrNOS/c1-18(11-12-6-8-15(20-2)9-7-12)16(19)13-4-3-5-14(17)10-13/h3-10H,11H2,1-2H3. The summed E-state index contributed by atoms with van der Waals surface area (Å²) in [6.07, 6.45) is 2.05. The molecule has 2 rings (SSSR count). The fourth-order valence-electron chi connectivity index (χ4n) is 1.92. The van der Waals surface area contributed by atoms with Crippen molar-refractivity contribution in [2.75, 3.05) is 13.3 Å². The lowest BCUT2D eigenvalue weighted by molar-refractivity contribution is 0.0785. The Morgan fingerprint density at radius 2 is 1.90 bits per heavy atom. The topological polar surface area (TPSA) is 20.3 Å². The van der Waals surface area contributed by atoms with Gasteiger partial charge in [-0.15, -0.1) is 11.8 Å². The highest BCUT2D eigenvalue weighted by atomic mass is 79.9. The maximum absolute atomic E-state index is 12.3. The van der Waals surface area contributed by atoms with Gasteiger partial charge in [-0.25, -0.2) is 0 Å². The first-order chi connectivity index (χ1) is 9.60. The second-order valence-corrected chi connectivity index (χ2v) is 6.31. The summed E-state index contributed by atoms with van der Waals surface area (Å²) < 4.78 is 0.918. The first kappa shape index (κ1) is 15.1. The van der Waals surface area contributed by atoms with Crippen molar-refractivity contribution in [2.24, 2.45) is 0 Å². The molecule has 2 nitrogen and oxygen atoms in total. The van der Waals surface area contributed by atoms with Crippen LogP contribution in [0.15, 0.2) is 57.9 Å². The first-order valence-corrected chi connectivity index (χ1v) is 8.26. The van der Waals surface area contributed by atoms with E-state index in [9.17, 15) is 4.79 Å². The summed E-state index contributed by atoms with van der Waals surface area (Å²) in [5.74, 6) is 0.0280. The number of halogens is 1. The molecule has 0 atom stereocenters. The smallest absolute Gasteiger partial charge is 0.253 e. The van der Waals surface area contributed by atoms with E-state index in [4.69, 9.17) is 0 Å². The Bertz CT molecular complexity index is 598. The highest BCUT2D eigenvalue weighted by Crippen LogP contribution is 2.17. The molecule has 20 heavy (non-hydrogen) atoms. The second-order valence-electron chi connectivity index (χ2n) is 4.52. The molecule has 104 valence electrons. The van der Waals surface area contributed by atoms with Crippen LogP contribution in [0.3, 0.4) is 0 Å². The van der Waals surface area contributed by atoms with Crippen LogP contribution in [-0.4, -0.2) is 24.1 Å². The number of nitrogens with zero attached hydrogens (tertiary/aromatic N) is 1. The minimum Gasteiger partial charge on any atom is -0.337 e. The summed E-state index contributed by atoms with van der Waals surface area (Å²) in [5, 5.41) is 0. The SMILES string of the molecule is CSc1ccc(CN(C)C(=O)c2cccc(Br)c2)cc1. The quantitative estimate of drug-likeness (QED) is 0.760. The van der Waals surface area contributed by atoms with Crippen molar-refractivity contribution in [2.45, 2.75) is 11.4 Å². The monoisotopic (exact) mass is 349 g/mol. The lowest BCUT2D eigenvalue weighted by Crippen LogP contribution is -2.26. The Kier molecular flexibility index (Phi) is 5.26. The van der Waals surface area contributed by atoms with Gasteiger partial charge < -0.3 is 4.90 Å². The van der Waals surface area contributed by atoms with Gasteiger partial charge in [0.05, 0.1) is 0 Å². The summed E-state index contributed by atoms with van der Waals surface area (Å²) in [6.45, 7) is 0.611. The fourth-order valence-corrected chi connectivity index (χ4v) is 2.73. The number of carbonyl (C=O) groups is 1. The molecule has 0 saturated carbocycles. The van der Waals surface area contributed by atoms with Crippen molar-refractivity contribution < 1.29 is 4.79 Å². The van der Waals surface area contributed by atoms with E-state index in [1.165, 1.54) is 4.90 Å². The number of rotatable bonds is 4. The summed E-state index contributed by atoms with van der Waals surface area (Å²) in [7, 11) is 1.83. The van der Waals surface area contributed by atoms with Crippen LogP contribution in [0, 0.1) is 0 Å². The molecule has 0 fully saturated rings. The molecular weight excluding hydrogens is 334 g/mol. The highest BCUT2D eigenvalue weighted by molar-refractivity contribution is 9.10. The van der Waals surface area contributed by atoms with Crippen molar-refractivity contribution in [3.63, 3.8) is 0 Å². The van der Waals surface area contributed by atoms with Gasteiger partial charge in [0.15, 0.2) is 0 Å². The third kappa shape index (κ3) is 3.87. The third-order valence-electron chi connectivity index (χ3n) is 3.00. The molecular formula is C16H16BrNOS. The van der Waals surface area contributed by atoms with Gasteiger partial charge >= 0.3 is 0 Å². The van der Waals surface area contributed by atoms with Crippen LogP contribution in [0.1, 0.15) is 15.9 Å². The van der Waals surface area contributed by atoms with Crippen molar-refractivity contribution in [3.8, 4) is 0 Å². The Hall–Kier alpha value is -1.26. The molecule has 0 N–H and O–H groups in total. The van der Waals surface area contributed by atoms with Crippen molar-refractivity contribution in [3.05, 3.63) is 64.1 Å². The lowest BCUT2D eigenvalue weighted by atomic mass is 10.1. The summed E-state index contributed by atoms with van der Waals surface area (Å²) >= 11 is 5.10. The molecule has 0 heterocycles. The molecule has 0 radical (unpaired) electrons. The summed E-state index contributed by atoms with van der Waals surface area (Å²) in [4.78, 5) is 15.3. The maximum atomic E-state index is 12.3. The van der Waals surface area contributed by atoms with Gasteiger partial charge in [-0.1, -0.05) is 34.1 Å². The molecule has 0 unspecified atom stereocenters. The lowest BCUT2D eigenvalue weighted by Gasteiger charge is -2.17. The molecule has 2 aromatic rings.